The lowest BCUT2D eigenvalue weighted by Crippen LogP contribution is -2.48. The summed E-state index contributed by atoms with van der Waals surface area (Å²) in [5.41, 5.74) is 0. The van der Waals surface area contributed by atoms with E-state index in [1.54, 1.807) is 12.1 Å². The van der Waals surface area contributed by atoms with Gasteiger partial charge in [0.05, 0.1) is 0 Å². The van der Waals surface area contributed by atoms with Gasteiger partial charge in [0.2, 0.25) is 0 Å². The molecule has 0 bridgehead atoms. The van der Waals surface area contributed by atoms with Crippen LogP contribution in [0.5, 0.6) is 0 Å². The second kappa shape index (κ2) is 6.19. The van der Waals surface area contributed by atoms with Gasteiger partial charge in [-0.25, -0.2) is 0 Å². The first-order chi connectivity index (χ1) is 9.75. The monoisotopic (exact) mass is 297 g/mol. The zero-order valence-electron chi connectivity index (χ0n) is 11.5. The molecule has 1 atom stereocenters. The second-order valence-electron chi connectivity index (χ2n) is 5.62. The summed E-state index contributed by atoms with van der Waals surface area (Å²) in [6, 6.07) is 3.62. The molecule has 2 saturated heterocycles. The standard InChI is InChI=1S/C15H20ClNO3/c16-14-5-4-13(20-14)15(18)17-8-2-1-3-12(17)11-6-9-19-10-7-11/h4-5,11-12H,1-3,6-10H2. The van der Waals surface area contributed by atoms with Gasteiger partial charge in [-0.15, -0.1) is 0 Å². The van der Waals surface area contributed by atoms with E-state index in [1.807, 2.05) is 4.90 Å². The Kier molecular flexibility index (Phi) is 4.32. The van der Waals surface area contributed by atoms with E-state index in [9.17, 15) is 4.79 Å². The maximum Gasteiger partial charge on any atom is 0.289 e. The molecule has 5 heteroatoms. The second-order valence-corrected chi connectivity index (χ2v) is 5.99. The van der Waals surface area contributed by atoms with Crippen LogP contribution in [0.25, 0.3) is 0 Å². The van der Waals surface area contributed by atoms with Crippen molar-refractivity contribution in [3.63, 3.8) is 0 Å². The number of carbonyl (C=O) groups excluding carboxylic acids is 1. The number of amides is 1. The molecule has 0 spiro atoms. The van der Waals surface area contributed by atoms with E-state index in [4.69, 9.17) is 20.8 Å². The molecule has 0 aromatic carbocycles. The third-order valence-electron chi connectivity index (χ3n) is 4.40. The Morgan fingerprint density at radius 3 is 2.70 bits per heavy atom. The largest absolute Gasteiger partial charge is 0.440 e. The summed E-state index contributed by atoms with van der Waals surface area (Å²) in [5, 5.41) is 0.271. The minimum atomic E-state index is -0.0203. The number of hydrogen-bond acceptors (Lipinski definition) is 3. The molecular weight excluding hydrogens is 278 g/mol. The number of carbonyl (C=O) groups is 1. The average molecular weight is 298 g/mol. The van der Waals surface area contributed by atoms with Crippen LogP contribution in [-0.4, -0.2) is 36.6 Å². The van der Waals surface area contributed by atoms with Gasteiger partial charge in [-0.2, -0.15) is 0 Å². The molecule has 2 fully saturated rings. The van der Waals surface area contributed by atoms with Gasteiger partial charge in [0.25, 0.3) is 5.91 Å². The summed E-state index contributed by atoms with van der Waals surface area (Å²) in [6.07, 6.45) is 5.45. The number of furan rings is 1. The maximum atomic E-state index is 12.6. The molecule has 20 heavy (non-hydrogen) atoms. The lowest BCUT2D eigenvalue weighted by molar-refractivity contribution is 0.0117. The summed E-state index contributed by atoms with van der Waals surface area (Å²) in [7, 11) is 0. The molecule has 2 aliphatic rings. The normalized spacial score (nSPS) is 24.9. The van der Waals surface area contributed by atoms with Gasteiger partial charge in [0.15, 0.2) is 11.0 Å². The quantitative estimate of drug-likeness (QED) is 0.840. The molecule has 3 heterocycles. The highest BCUT2D eigenvalue weighted by atomic mass is 35.5. The van der Waals surface area contributed by atoms with Crippen LogP contribution in [0.2, 0.25) is 5.22 Å². The fraction of sp³-hybridized carbons (Fsp3) is 0.667. The van der Waals surface area contributed by atoms with Crippen LogP contribution in [0.1, 0.15) is 42.7 Å². The zero-order chi connectivity index (χ0) is 13.9. The highest BCUT2D eigenvalue weighted by Crippen LogP contribution is 2.31. The van der Waals surface area contributed by atoms with Crippen LogP contribution in [0.15, 0.2) is 16.5 Å². The lowest BCUT2D eigenvalue weighted by Gasteiger charge is -2.41. The van der Waals surface area contributed by atoms with Gasteiger partial charge >= 0.3 is 0 Å². The van der Waals surface area contributed by atoms with Gasteiger partial charge in [0.1, 0.15) is 0 Å². The summed E-state index contributed by atoms with van der Waals surface area (Å²) in [4.78, 5) is 14.6. The van der Waals surface area contributed by atoms with Gasteiger partial charge in [-0.1, -0.05) is 0 Å². The molecule has 110 valence electrons. The Hall–Kier alpha value is -1.00. The number of ether oxygens (including phenoxy) is 1. The van der Waals surface area contributed by atoms with Crippen LogP contribution in [0.4, 0.5) is 0 Å². The summed E-state index contributed by atoms with van der Waals surface area (Å²) in [6.45, 7) is 2.45. The molecular formula is C15H20ClNO3. The van der Waals surface area contributed by atoms with Crippen LogP contribution in [0, 0.1) is 5.92 Å². The van der Waals surface area contributed by atoms with E-state index < -0.39 is 0 Å². The molecule has 1 unspecified atom stereocenters. The van der Waals surface area contributed by atoms with E-state index in [0.717, 1.165) is 45.4 Å². The molecule has 2 aliphatic heterocycles. The highest BCUT2D eigenvalue weighted by Gasteiger charge is 2.35. The van der Waals surface area contributed by atoms with E-state index >= 15 is 0 Å². The molecule has 3 rings (SSSR count). The predicted molar refractivity (Wildman–Crippen MR) is 75.9 cm³/mol. The van der Waals surface area contributed by atoms with Gasteiger partial charge in [-0.3, -0.25) is 4.79 Å². The predicted octanol–water partition coefficient (Wildman–Crippen LogP) is 3.35. The molecule has 1 aromatic rings. The molecule has 4 nitrogen and oxygen atoms in total. The number of hydrogen-bond donors (Lipinski definition) is 0. The van der Waals surface area contributed by atoms with Crippen molar-refractivity contribution in [2.45, 2.75) is 38.1 Å². The van der Waals surface area contributed by atoms with Crippen LogP contribution in [0.3, 0.4) is 0 Å². The van der Waals surface area contributed by atoms with Crippen molar-refractivity contribution in [1.82, 2.24) is 4.90 Å². The van der Waals surface area contributed by atoms with Gasteiger partial charge in [-0.05, 0) is 61.8 Å². The zero-order valence-corrected chi connectivity index (χ0v) is 12.3. The summed E-state index contributed by atoms with van der Waals surface area (Å²) >= 11 is 5.77. The smallest absolute Gasteiger partial charge is 0.289 e. The minimum absolute atomic E-state index is 0.0203. The van der Waals surface area contributed by atoms with Crippen LogP contribution in [-0.2, 0) is 4.74 Å². The number of halogens is 1. The fourth-order valence-electron chi connectivity index (χ4n) is 3.37. The number of piperidine rings is 1. The van der Waals surface area contributed by atoms with Crippen molar-refractivity contribution in [2.24, 2.45) is 5.92 Å². The Balaban J connectivity index is 1.75. The van der Waals surface area contributed by atoms with E-state index in [2.05, 4.69) is 0 Å². The lowest BCUT2D eigenvalue weighted by atomic mass is 9.85. The molecule has 1 aromatic heterocycles. The maximum absolute atomic E-state index is 12.6. The number of rotatable bonds is 2. The van der Waals surface area contributed by atoms with Crippen molar-refractivity contribution in [3.8, 4) is 0 Å². The van der Waals surface area contributed by atoms with Crippen LogP contribution >= 0.6 is 11.6 Å². The van der Waals surface area contributed by atoms with E-state index in [-0.39, 0.29) is 11.1 Å². The van der Waals surface area contributed by atoms with Gasteiger partial charge in [0, 0.05) is 25.8 Å². The Labute approximate surface area is 124 Å². The first-order valence-corrected chi connectivity index (χ1v) is 7.77. The third-order valence-corrected chi connectivity index (χ3v) is 4.61. The fourth-order valence-corrected chi connectivity index (χ4v) is 3.52. The Morgan fingerprint density at radius 1 is 1.20 bits per heavy atom. The van der Waals surface area contributed by atoms with E-state index in [0.29, 0.717) is 17.7 Å². The Bertz CT molecular complexity index is 467. The van der Waals surface area contributed by atoms with Crippen molar-refractivity contribution >= 4 is 17.5 Å². The van der Waals surface area contributed by atoms with Crippen molar-refractivity contribution in [1.29, 1.82) is 0 Å². The van der Waals surface area contributed by atoms with E-state index in [1.165, 1.54) is 6.42 Å². The first kappa shape index (κ1) is 14.0. The summed E-state index contributed by atoms with van der Waals surface area (Å²) in [5.74, 6) is 0.889. The minimum Gasteiger partial charge on any atom is -0.440 e. The van der Waals surface area contributed by atoms with Crippen molar-refractivity contribution in [2.75, 3.05) is 19.8 Å². The molecule has 0 saturated carbocycles. The summed E-state index contributed by atoms with van der Waals surface area (Å²) < 4.78 is 10.7. The topological polar surface area (TPSA) is 42.7 Å². The average Bonchev–Trinajstić information content (AvgIpc) is 2.94. The SMILES string of the molecule is O=C(c1ccc(Cl)o1)N1CCCCC1C1CCOCC1. The third kappa shape index (κ3) is 2.86. The first-order valence-electron chi connectivity index (χ1n) is 7.40. The molecule has 1 amide bonds. The van der Waals surface area contributed by atoms with Crippen molar-refractivity contribution in [3.05, 3.63) is 23.1 Å². The number of likely N-dealkylation sites (tertiary alicyclic amines) is 1. The number of nitrogens with zero attached hydrogens (tertiary/aromatic N) is 1. The van der Waals surface area contributed by atoms with Crippen LogP contribution < -0.4 is 0 Å². The van der Waals surface area contributed by atoms with Crippen molar-refractivity contribution < 1.29 is 13.9 Å². The van der Waals surface area contributed by atoms with Gasteiger partial charge < -0.3 is 14.1 Å². The highest BCUT2D eigenvalue weighted by molar-refractivity contribution is 6.29. The molecule has 0 radical (unpaired) electrons. The molecule has 0 N–H and O–H groups in total. The Morgan fingerprint density at radius 2 is 2.00 bits per heavy atom. The molecule has 0 aliphatic carbocycles.